The maximum atomic E-state index is 13.0. The van der Waals surface area contributed by atoms with Crippen LogP contribution in [0.5, 0.6) is 0 Å². The highest BCUT2D eigenvalue weighted by atomic mass is 16.1. The van der Waals surface area contributed by atoms with E-state index >= 15 is 0 Å². The first-order valence-corrected chi connectivity index (χ1v) is 30.7. The molecule has 3 aliphatic heterocycles. The zero-order valence-corrected chi connectivity index (χ0v) is 52.8. The molecule has 0 spiro atoms. The fourth-order valence-electron chi connectivity index (χ4n) is 12.5. The first-order chi connectivity index (χ1) is 43.3. The molecule has 3 aliphatic rings. The Morgan fingerprint density at radius 1 is 0.422 bits per heavy atom. The lowest BCUT2D eigenvalue weighted by molar-refractivity contribution is 0.318. The average molecular weight is 1200 g/mol. The molecule has 0 saturated carbocycles. The van der Waals surface area contributed by atoms with Crippen molar-refractivity contribution in [3.63, 3.8) is 0 Å². The van der Waals surface area contributed by atoms with E-state index in [9.17, 15) is 14.4 Å². The molecule has 0 saturated heterocycles. The van der Waals surface area contributed by atoms with Crippen LogP contribution in [-0.4, -0.2) is 135 Å². The van der Waals surface area contributed by atoms with Gasteiger partial charge in [0.15, 0.2) is 0 Å². The summed E-state index contributed by atoms with van der Waals surface area (Å²) in [6, 6.07) is 16.9. The van der Waals surface area contributed by atoms with E-state index < -0.39 is 0 Å². The minimum atomic E-state index is -0.104. The van der Waals surface area contributed by atoms with Gasteiger partial charge in [0, 0.05) is 69.5 Å². The molecule has 0 aromatic carbocycles. The van der Waals surface area contributed by atoms with E-state index in [1.54, 1.807) is 40.4 Å². The summed E-state index contributed by atoms with van der Waals surface area (Å²) in [6.45, 7) is 26.7. The molecule has 0 atom stereocenters. The maximum absolute atomic E-state index is 13.0. The average Bonchev–Trinajstić information content (AvgIpc) is 1.41. The van der Waals surface area contributed by atoms with Crippen LogP contribution in [0.3, 0.4) is 0 Å². The Morgan fingerprint density at radius 3 is 1.13 bits per heavy atom. The Kier molecular flexibility index (Phi) is 15.6. The highest BCUT2D eigenvalue weighted by molar-refractivity contribution is 5.74. The van der Waals surface area contributed by atoms with Gasteiger partial charge in [-0.1, -0.05) is 25.2 Å². The summed E-state index contributed by atoms with van der Waals surface area (Å²) >= 11 is 0. The summed E-state index contributed by atoms with van der Waals surface area (Å²) in [6.07, 6.45) is 21.0. The van der Waals surface area contributed by atoms with Crippen LogP contribution in [0, 0.1) is 62.3 Å². The molecule has 12 aromatic rings. The van der Waals surface area contributed by atoms with Crippen LogP contribution in [0.15, 0.2) is 124 Å². The molecule has 90 heavy (non-hydrogen) atoms. The van der Waals surface area contributed by atoms with E-state index in [1.807, 2.05) is 122 Å². The molecule has 456 valence electrons. The second kappa shape index (κ2) is 23.9. The van der Waals surface area contributed by atoms with Gasteiger partial charge in [-0.15, -0.1) is 0 Å². The lowest BCUT2D eigenvalue weighted by Gasteiger charge is -2.25. The number of likely N-dealkylation sites (N-methyl/N-ethyl adjacent to an activating group) is 2. The standard InChI is InChI=1S/C24H26N6O.C23H24N6O.C22H22N6O/c1-5-28-8-6-18(7-9-28)19-10-15(2)24-26-20(12-23(31)29(24)14-19)21-11-22-17(4)25-16(3)13-30(22)27-21;1-14-9-18(17-5-7-27(4)8-6-17)13-28-22(30)11-19(25-23(14)28)20-10-21-16(3)24-15(2)12-29(21)26-20;1-13-8-17(16-4-6-23-7-5-16)12-27-21(29)10-18(25-22(13)27)19-9-20-15(3)24-14(2)11-28(20)26-19/h6,10-14H,5,7-9H2,1-4H3;5,9-13H,6-8H2,1-4H3;4,8-12,23H,5-7H2,1-3H3. The van der Waals surface area contributed by atoms with Crippen LogP contribution in [0.4, 0.5) is 0 Å². The van der Waals surface area contributed by atoms with Crippen molar-refractivity contribution in [3.8, 4) is 34.2 Å². The first-order valence-electron chi connectivity index (χ1n) is 30.7. The largest absolute Gasteiger partial charge is 0.313 e. The highest BCUT2D eigenvalue weighted by Gasteiger charge is 2.20. The SMILES string of the molecule is CCN1CC=C(c2cc(C)c3nc(-c4cc5c(C)nc(C)cn5n4)cc(=O)n3c2)CC1.Cc1cn2nc(-c3cc(=O)n4cc(C5=CCN(C)CC5)cc(C)c4n3)cc2c(C)n1.Cc1cn2nc(-c3cc(=O)n4cc(C5=CCNCC5)cc(C)c4n3)cc2c(C)n1. The van der Waals surface area contributed by atoms with Crippen LogP contribution in [0.2, 0.25) is 0 Å². The highest BCUT2D eigenvalue weighted by Crippen LogP contribution is 2.29. The van der Waals surface area contributed by atoms with Crippen molar-refractivity contribution in [3.05, 3.63) is 209 Å². The van der Waals surface area contributed by atoms with Crippen molar-refractivity contribution in [1.82, 2.24) is 87.1 Å². The molecule has 15 rings (SSSR count). The summed E-state index contributed by atoms with van der Waals surface area (Å²) < 4.78 is 10.4. The topological polar surface area (TPSA) is 212 Å². The van der Waals surface area contributed by atoms with Gasteiger partial charge in [0.1, 0.15) is 34.0 Å². The molecular weight excluding hydrogens is 1130 g/mol. The van der Waals surface area contributed by atoms with Crippen molar-refractivity contribution in [2.45, 2.75) is 88.5 Å². The van der Waals surface area contributed by atoms with E-state index in [4.69, 9.17) is 15.0 Å². The van der Waals surface area contributed by atoms with E-state index in [2.05, 4.69) is 95.8 Å². The van der Waals surface area contributed by atoms with E-state index in [1.165, 1.54) is 16.7 Å². The van der Waals surface area contributed by atoms with Gasteiger partial charge in [-0.05, 0) is 188 Å². The van der Waals surface area contributed by atoms with E-state index in [0.29, 0.717) is 51.1 Å². The van der Waals surface area contributed by atoms with Crippen molar-refractivity contribution < 1.29 is 0 Å². The molecule has 12 aromatic heterocycles. The monoisotopic (exact) mass is 1200 g/mol. The first kappa shape index (κ1) is 59.0. The molecule has 0 radical (unpaired) electrons. The number of nitrogens with zero attached hydrogens (tertiary/aromatic N) is 17. The van der Waals surface area contributed by atoms with Crippen LogP contribution < -0.4 is 22.0 Å². The number of hydrogen-bond donors (Lipinski definition) is 1. The number of rotatable bonds is 7. The predicted molar refractivity (Wildman–Crippen MR) is 353 cm³/mol. The normalized spacial score (nSPS) is 14.9. The minimum Gasteiger partial charge on any atom is -0.313 e. The van der Waals surface area contributed by atoms with Crippen molar-refractivity contribution in [1.29, 1.82) is 0 Å². The summed E-state index contributed by atoms with van der Waals surface area (Å²) in [5, 5.41) is 17.2. The zero-order valence-electron chi connectivity index (χ0n) is 52.8. The van der Waals surface area contributed by atoms with Crippen LogP contribution in [0.25, 0.3) is 84.4 Å². The third-order valence-corrected chi connectivity index (χ3v) is 17.2. The predicted octanol–water partition coefficient (Wildman–Crippen LogP) is 9.19. The van der Waals surface area contributed by atoms with Gasteiger partial charge in [0.25, 0.3) is 16.7 Å². The molecule has 15 heterocycles. The molecule has 21 nitrogen and oxygen atoms in total. The number of nitrogens with one attached hydrogen (secondary N) is 1. The summed E-state index contributed by atoms with van der Waals surface area (Å²) in [5.74, 6) is 0. The Labute approximate surface area is 519 Å². The number of aryl methyl sites for hydroxylation is 9. The van der Waals surface area contributed by atoms with Gasteiger partial charge in [-0.25, -0.2) is 28.5 Å². The summed E-state index contributed by atoms with van der Waals surface area (Å²) in [5.41, 5.74) is 23.6. The van der Waals surface area contributed by atoms with Crippen molar-refractivity contribution in [2.75, 3.05) is 52.9 Å². The number of aromatic nitrogens is 15. The van der Waals surface area contributed by atoms with Gasteiger partial charge < -0.3 is 10.2 Å². The minimum absolute atomic E-state index is 0.0976. The molecule has 0 fully saturated rings. The molecule has 0 amide bonds. The van der Waals surface area contributed by atoms with Gasteiger partial charge in [-0.2, -0.15) is 15.3 Å². The smallest absolute Gasteiger partial charge is 0.258 e. The second-order valence-corrected chi connectivity index (χ2v) is 24.0. The van der Waals surface area contributed by atoms with Gasteiger partial charge in [0.2, 0.25) is 0 Å². The Bertz CT molecular complexity index is 5190. The van der Waals surface area contributed by atoms with Crippen LogP contribution >= 0.6 is 0 Å². The fraction of sp³-hybridized carbons (Fsp3) is 0.304. The quantitative estimate of drug-likeness (QED) is 0.158. The van der Waals surface area contributed by atoms with E-state index in [0.717, 1.165) is 149 Å². The Hall–Kier alpha value is -9.96. The van der Waals surface area contributed by atoms with Gasteiger partial charge >= 0.3 is 0 Å². The van der Waals surface area contributed by atoms with Crippen LogP contribution in [0.1, 0.15) is 93.7 Å². The lowest BCUT2D eigenvalue weighted by atomic mass is 9.99. The Morgan fingerprint density at radius 2 is 0.800 bits per heavy atom. The third-order valence-electron chi connectivity index (χ3n) is 17.2. The fourth-order valence-corrected chi connectivity index (χ4v) is 12.5. The molecular formula is C69H72N18O3. The van der Waals surface area contributed by atoms with Crippen molar-refractivity contribution in [2.24, 2.45) is 0 Å². The maximum Gasteiger partial charge on any atom is 0.258 e. The van der Waals surface area contributed by atoms with E-state index in [-0.39, 0.29) is 16.7 Å². The zero-order chi connectivity index (χ0) is 62.8. The number of pyridine rings is 3. The van der Waals surface area contributed by atoms with Gasteiger partial charge in [0.05, 0.1) is 86.4 Å². The molecule has 21 heteroatoms. The lowest BCUT2D eigenvalue weighted by Crippen LogP contribution is -2.28. The number of fused-ring (bicyclic) bond motifs is 6. The van der Waals surface area contributed by atoms with Crippen LogP contribution in [-0.2, 0) is 0 Å². The Balaban J connectivity index is 0.000000124. The summed E-state index contributed by atoms with van der Waals surface area (Å²) in [7, 11) is 2.12. The summed E-state index contributed by atoms with van der Waals surface area (Å²) in [4.78, 5) is 71.5. The molecule has 0 bridgehead atoms. The molecule has 0 aliphatic carbocycles. The second-order valence-electron chi connectivity index (χ2n) is 24.0. The molecule has 1 N–H and O–H groups in total. The van der Waals surface area contributed by atoms with Gasteiger partial charge in [-0.3, -0.25) is 47.4 Å². The third kappa shape index (κ3) is 11.6. The molecule has 0 unspecified atom stereocenters. The number of hydrogen-bond acceptors (Lipinski definition) is 15. The van der Waals surface area contributed by atoms with Crippen molar-refractivity contribution >= 4 is 50.2 Å².